The van der Waals surface area contributed by atoms with E-state index in [2.05, 4.69) is 30.1 Å². The van der Waals surface area contributed by atoms with Gasteiger partial charge in [-0.1, -0.05) is 30.7 Å². The summed E-state index contributed by atoms with van der Waals surface area (Å²) in [4.78, 5) is 43.5. The molecule has 1 spiro atoms. The molecular weight excluding hydrogens is 590 g/mol. The predicted molar refractivity (Wildman–Crippen MR) is 164 cm³/mol. The number of carbonyl (C=O) groups is 3. The second-order valence-corrected chi connectivity index (χ2v) is 16.6. The van der Waals surface area contributed by atoms with E-state index >= 15 is 0 Å². The van der Waals surface area contributed by atoms with Gasteiger partial charge in [-0.25, -0.2) is 0 Å². The fourth-order valence-electron chi connectivity index (χ4n) is 12.4. The maximum Gasteiger partial charge on any atom is 0.313 e. The summed E-state index contributed by atoms with van der Waals surface area (Å²) in [5.74, 6) is -2.76. The minimum absolute atomic E-state index is 0.111. The number of hydrogen-bond donors (Lipinski definition) is 2. The Balaban J connectivity index is 1.26. The molecule has 0 aromatic heterocycles. The molecule has 10 nitrogen and oxygen atoms in total. The summed E-state index contributed by atoms with van der Waals surface area (Å²) >= 11 is 0. The van der Waals surface area contributed by atoms with Crippen LogP contribution in [0.1, 0.15) is 66.7 Å². The zero-order chi connectivity index (χ0) is 32.6. The lowest BCUT2D eigenvalue weighted by molar-refractivity contribution is -0.165. The van der Waals surface area contributed by atoms with Crippen LogP contribution in [0.5, 0.6) is 0 Å². The third-order valence-corrected chi connectivity index (χ3v) is 14.5. The number of allylic oxidation sites excluding steroid dienone is 2. The summed E-state index contributed by atoms with van der Waals surface area (Å²) in [5, 5.41) is 24.4. The van der Waals surface area contributed by atoms with Crippen molar-refractivity contribution < 1.29 is 43.5 Å². The highest BCUT2D eigenvalue weighted by atomic mass is 16.6. The third-order valence-electron chi connectivity index (χ3n) is 14.5. The van der Waals surface area contributed by atoms with Crippen molar-refractivity contribution in [2.24, 2.45) is 51.8 Å². The summed E-state index contributed by atoms with van der Waals surface area (Å²) in [6, 6.07) is 0. The van der Waals surface area contributed by atoms with Crippen LogP contribution in [-0.2, 0) is 33.3 Å². The zero-order valence-electron chi connectivity index (χ0n) is 27.7. The maximum atomic E-state index is 14.8. The van der Waals surface area contributed by atoms with Gasteiger partial charge in [0.25, 0.3) is 0 Å². The molecule has 46 heavy (non-hydrogen) atoms. The van der Waals surface area contributed by atoms with Gasteiger partial charge in [-0.2, -0.15) is 0 Å². The minimum Gasteiger partial charge on any atom is -0.462 e. The van der Waals surface area contributed by atoms with Gasteiger partial charge in [0, 0.05) is 67.5 Å². The van der Waals surface area contributed by atoms with Crippen LogP contribution in [0.25, 0.3) is 0 Å². The van der Waals surface area contributed by atoms with Crippen molar-refractivity contribution in [1.82, 2.24) is 4.90 Å². The Bertz CT molecular complexity index is 1410. The van der Waals surface area contributed by atoms with Gasteiger partial charge < -0.3 is 29.2 Å². The van der Waals surface area contributed by atoms with E-state index in [0.717, 1.165) is 18.7 Å². The number of esters is 3. The molecule has 252 valence electrons. The van der Waals surface area contributed by atoms with Crippen LogP contribution in [0.4, 0.5) is 0 Å². The summed E-state index contributed by atoms with van der Waals surface area (Å²) < 4.78 is 24.6. The summed E-state index contributed by atoms with van der Waals surface area (Å²) in [6.07, 6.45) is 6.75. The average Bonchev–Trinajstić information content (AvgIpc) is 3.70. The number of hydrogen-bond acceptors (Lipinski definition) is 10. The lowest BCUT2D eigenvalue weighted by Gasteiger charge is -2.46. The van der Waals surface area contributed by atoms with Crippen LogP contribution in [0.3, 0.4) is 0 Å². The monoisotopic (exact) mass is 639 g/mol. The van der Waals surface area contributed by atoms with E-state index in [0.29, 0.717) is 45.4 Å². The lowest BCUT2D eigenvalue weighted by atomic mass is 9.54. The first kappa shape index (κ1) is 31.0. The van der Waals surface area contributed by atoms with Crippen molar-refractivity contribution in [3.63, 3.8) is 0 Å². The fraction of sp³-hybridized carbons (Fsp3) is 0.806. The number of rotatable bonds is 3. The van der Waals surface area contributed by atoms with Gasteiger partial charge in [0.2, 0.25) is 0 Å². The number of morpholine rings is 1. The summed E-state index contributed by atoms with van der Waals surface area (Å²) in [6.45, 7) is 12.6. The molecule has 0 aromatic rings. The van der Waals surface area contributed by atoms with E-state index in [4.69, 9.17) is 18.9 Å². The van der Waals surface area contributed by atoms with Crippen LogP contribution < -0.4 is 0 Å². The van der Waals surface area contributed by atoms with Gasteiger partial charge in [-0.15, -0.1) is 0 Å². The predicted octanol–water partition coefficient (Wildman–Crippen LogP) is 2.80. The van der Waals surface area contributed by atoms with E-state index in [1.807, 2.05) is 20.8 Å². The first-order chi connectivity index (χ1) is 21.7. The maximum absolute atomic E-state index is 14.8. The smallest absolute Gasteiger partial charge is 0.313 e. The summed E-state index contributed by atoms with van der Waals surface area (Å²) in [7, 11) is 0. The molecule has 8 rings (SSSR count). The molecule has 3 saturated heterocycles. The molecule has 0 amide bonds. The molecule has 10 heteroatoms. The van der Waals surface area contributed by atoms with E-state index < -0.39 is 57.6 Å². The summed E-state index contributed by atoms with van der Waals surface area (Å²) in [5.41, 5.74) is -4.16. The van der Waals surface area contributed by atoms with Gasteiger partial charge in [0.05, 0.1) is 41.7 Å². The molecule has 3 saturated carbocycles. The van der Waals surface area contributed by atoms with E-state index in [-0.39, 0.29) is 47.9 Å². The normalized spacial score (nSPS) is 53.9. The van der Waals surface area contributed by atoms with Gasteiger partial charge >= 0.3 is 17.9 Å². The number of aliphatic hydroxyl groups is 2. The molecule has 14 atom stereocenters. The van der Waals surface area contributed by atoms with Crippen LogP contribution >= 0.6 is 0 Å². The second kappa shape index (κ2) is 9.89. The Hall–Kier alpha value is -2.27. The van der Waals surface area contributed by atoms with Crippen molar-refractivity contribution in [2.75, 3.05) is 32.8 Å². The highest BCUT2D eigenvalue weighted by Gasteiger charge is 2.85. The largest absolute Gasteiger partial charge is 0.462 e. The quantitative estimate of drug-likeness (QED) is 0.270. The molecule has 0 aromatic carbocycles. The van der Waals surface area contributed by atoms with Crippen molar-refractivity contribution in [1.29, 1.82) is 0 Å². The number of carbonyl (C=O) groups excluding carboxylic acids is 3. The topological polar surface area (TPSA) is 132 Å². The molecule has 2 bridgehead atoms. The highest BCUT2D eigenvalue weighted by Crippen LogP contribution is 2.80. The van der Waals surface area contributed by atoms with E-state index in [9.17, 15) is 24.6 Å². The Morgan fingerprint density at radius 2 is 1.83 bits per heavy atom. The molecule has 3 aliphatic heterocycles. The zero-order valence-corrected chi connectivity index (χ0v) is 27.7. The third kappa shape index (κ3) is 3.81. The van der Waals surface area contributed by atoms with Crippen molar-refractivity contribution in [2.45, 2.75) is 96.2 Å². The van der Waals surface area contributed by atoms with E-state index in [1.54, 1.807) is 0 Å². The fourth-order valence-corrected chi connectivity index (χ4v) is 12.4. The van der Waals surface area contributed by atoms with Crippen LogP contribution in [0, 0.1) is 51.8 Å². The molecule has 0 radical (unpaired) electrons. The molecule has 8 aliphatic rings. The standard InChI is InChI=1S/C36H49NO9/c1-19-6-7-23-25(19)28-26(24(44-20(2)38)16-33(23,4)41)36(31(40)46-28)18-35-11-10-32(36,3)29(35)27-21(8-9-34(35,5)42)22(30(39)45-27)17-37-12-14-43-15-13-37/h6,10-11,21-29,41-42H,7-9,12-18H2,1-5H3/t21?,22-,23?,24?,25?,26?,27-,28+,29?,32?,33+,34+,35-,36-/m0/s1. The lowest BCUT2D eigenvalue weighted by Crippen LogP contribution is -2.53. The Morgan fingerprint density at radius 3 is 2.54 bits per heavy atom. The number of nitrogens with zero attached hydrogens (tertiary/aromatic N) is 1. The molecule has 7 unspecified atom stereocenters. The first-order valence-electron chi connectivity index (χ1n) is 17.4. The van der Waals surface area contributed by atoms with Crippen molar-refractivity contribution in [3.8, 4) is 0 Å². The molecule has 5 aliphatic carbocycles. The van der Waals surface area contributed by atoms with Gasteiger partial charge in [-0.3, -0.25) is 19.3 Å². The number of ether oxygens (including phenoxy) is 4. The van der Waals surface area contributed by atoms with Gasteiger partial charge in [0.1, 0.15) is 18.3 Å². The Kier molecular flexibility index (Phi) is 6.67. The second-order valence-electron chi connectivity index (χ2n) is 16.6. The number of fused-ring (bicyclic) bond motifs is 6. The van der Waals surface area contributed by atoms with Gasteiger partial charge in [0.15, 0.2) is 0 Å². The van der Waals surface area contributed by atoms with Crippen LogP contribution in [-0.4, -0.2) is 95.4 Å². The van der Waals surface area contributed by atoms with Crippen LogP contribution in [0.2, 0.25) is 0 Å². The molecule has 2 N–H and O–H groups in total. The molecule has 6 fully saturated rings. The molecular formula is C36H49NO9. The Morgan fingerprint density at radius 1 is 1.09 bits per heavy atom. The Labute approximate surface area is 270 Å². The first-order valence-corrected chi connectivity index (χ1v) is 17.4. The average molecular weight is 640 g/mol. The highest BCUT2D eigenvalue weighted by molar-refractivity contribution is 5.84. The van der Waals surface area contributed by atoms with Crippen LogP contribution in [0.15, 0.2) is 23.8 Å². The minimum atomic E-state index is -1.19. The van der Waals surface area contributed by atoms with Crippen molar-refractivity contribution >= 4 is 17.9 Å². The van der Waals surface area contributed by atoms with Crippen molar-refractivity contribution in [3.05, 3.63) is 23.8 Å². The van der Waals surface area contributed by atoms with E-state index in [1.165, 1.54) is 6.92 Å². The SMILES string of the molecule is CC(=O)OC1C[C@@](C)(O)C2CC=C(C)C2[C@H]2OC(=O)[C@]3(C[C@@]45C=CC3(C)C4[C@H]3OC(=O)[C@@H](CN4CCOCC4)C3CC[C@@]5(C)O)C12. The molecule has 3 heterocycles. The van der Waals surface area contributed by atoms with Gasteiger partial charge in [-0.05, 0) is 46.5 Å².